The number of aromatic nitrogens is 1. The number of Topliss-reactive ketones (excluding diaryl/α,β-unsaturated/α-hetero) is 1. The second kappa shape index (κ2) is 8.74. The van der Waals surface area contributed by atoms with Gasteiger partial charge in [0.15, 0.2) is 5.78 Å². The minimum absolute atomic E-state index is 0.0150. The van der Waals surface area contributed by atoms with E-state index in [2.05, 4.69) is 4.98 Å². The summed E-state index contributed by atoms with van der Waals surface area (Å²) in [5, 5.41) is 28.9. The number of amides is 1. The van der Waals surface area contributed by atoms with Crippen LogP contribution in [0.1, 0.15) is 81.2 Å². The number of ketones is 1. The van der Waals surface area contributed by atoms with Crippen LogP contribution in [0.15, 0.2) is 24.3 Å². The largest absolute Gasteiger partial charge is 0.507 e. The second-order valence-electron chi connectivity index (χ2n) is 10.8. The molecule has 0 atom stereocenters. The van der Waals surface area contributed by atoms with Gasteiger partial charge in [-0.25, -0.2) is 9.78 Å². The van der Waals surface area contributed by atoms with Gasteiger partial charge < -0.3 is 15.1 Å². The predicted molar refractivity (Wildman–Crippen MR) is 132 cm³/mol. The van der Waals surface area contributed by atoms with Gasteiger partial charge in [0.1, 0.15) is 23.1 Å². The van der Waals surface area contributed by atoms with Crippen LogP contribution in [0.4, 0.5) is 10.6 Å². The standard InChI is InChI=1S/C26H34N4O4/c1-8-30(24(33)34)20-10-9-15-13-29(23(27)21(15)28-20)14-19(31)16-11-17(25(2,3)4)22(32)18(12-16)26(5,6)7/h9-12,27,32H,8,13-14H2,1-7H3,(H,33,34). The molecule has 8 heteroatoms. The number of phenols is 1. The summed E-state index contributed by atoms with van der Waals surface area (Å²) in [5.74, 6) is 0.412. The van der Waals surface area contributed by atoms with Crippen molar-refractivity contribution in [3.05, 3.63) is 52.2 Å². The lowest BCUT2D eigenvalue weighted by Gasteiger charge is -2.28. The van der Waals surface area contributed by atoms with Crippen LogP contribution in [0, 0.1) is 5.41 Å². The number of carbonyl (C=O) groups is 2. The van der Waals surface area contributed by atoms with E-state index in [4.69, 9.17) is 5.41 Å². The van der Waals surface area contributed by atoms with Crippen LogP contribution in [0.25, 0.3) is 0 Å². The second-order valence-corrected chi connectivity index (χ2v) is 10.8. The maximum absolute atomic E-state index is 13.4. The maximum atomic E-state index is 13.4. The number of aromatic hydroxyl groups is 1. The molecule has 0 saturated carbocycles. The van der Waals surface area contributed by atoms with Crippen molar-refractivity contribution in [1.29, 1.82) is 5.41 Å². The van der Waals surface area contributed by atoms with Crippen LogP contribution < -0.4 is 4.90 Å². The Hall–Kier alpha value is -3.42. The van der Waals surface area contributed by atoms with Gasteiger partial charge in [-0.2, -0.15) is 0 Å². The third-order valence-electron chi connectivity index (χ3n) is 6.07. The van der Waals surface area contributed by atoms with Crippen molar-refractivity contribution in [2.45, 2.75) is 65.8 Å². The zero-order chi connectivity index (χ0) is 25.6. The van der Waals surface area contributed by atoms with Gasteiger partial charge in [0.2, 0.25) is 0 Å². The number of amidine groups is 1. The number of pyridine rings is 1. The quantitative estimate of drug-likeness (QED) is 0.539. The first kappa shape index (κ1) is 25.2. The Kier molecular flexibility index (Phi) is 6.48. The van der Waals surface area contributed by atoms with E-state index in [1.807, 2.05) is 41.5 Å². The molecule has 0 unspecified atom stereocenters. The molecule has 1 amide bonds. The molecule has 0 aliphatic carbocycles. The summed E-state index contributed by atoms with van der Waals surface area (Å²) in [5.41, 5.74) is 2.37. The Bertz CT molecular complexity index is 1120. The van der Waals surface area contributed by atoms with Gasteiger partial charge in [-0.3, -0.25) is 15.1 Å². The molecule has 0 fully saturated rings. The molecular weight excluding hydrogens is 432 g/mol. The highest BCUT2D eigenvalue weighted by atomic mass is 16.4. The number of hydrogen-bond acceptors (Lipinski definition) is 5. The third-order valence-corrected chi connectivity index (χ3v) is 6.07. The molecule has 182 valence electrons. The Morgan fingerprint density at radius 1 is 1.09 bits per heavy atom. The van der Waals surface area contributed by atoms with E-state index in [-0.39, 0.29) is 47.1 Å². The van der Waals surface area contributed by atoms with Gasteiger partial charge in [-0.05, 0) is 36.0 Å². The van der Waals surface area contributed by atoms with Crippen molar-refractivity contribution in [1.82, 2.24) is 9.88 Å². The number of benzene rings is 1. The van der Waals surface area contributed by atoms with Crippen LogP contribution in [0.3, 0.4) is 0 Å². The molecule has 8 nitrogen and oxygen atoms in total. The van der Waals surface area contributed by atoms with Crippen molar-refractivity contribution in [2.75, 3.05) is 18.0 Å². The summed E-state index contributed by atoms with van der Waals surface area (Å²) in [6.45, 7) is 14.3. The van der Waals surface area contributed by atoms with Crippen LogP contribution in [-0.4, -0.2) is 50.9 Å². The molecule has 34 heavy (non-hydrogen) atoms. The van der Waals surface area contributed by atoms with Crippen molar-refractivity contribution in [3.8, 4) is 5.75 Å². The summed E-state index contributed by atoms with van der Waals surface area (Å²) < 4.78 is 0. The lowest BCUT2D eigenvalue weighted by Crippen LogP contribution is -2.32. The first-order chi connectivity index (χ1) is 15.6. The number of carbonyl (C=O) groups excluding carboxylic acids is 1. The fourth-order valence-electron chi connectivity index (χ4n) is 4.13. The fraction of sp³-hybridized carbons (Fsp3) is 0.462. The zero-order valence-corrected chi connectivity index (χ0v) is 21.0. The van der Waals surface area contributed by atoms with Crippen LogP contribution in [0.2, 0.25) is 0 Å². The Balaban J connectivity index is 1.91. The summed E-state index contributed by atoms with van der Waals surface area (Å²) in [4.78, 5) is 32.0. The van der Waals surface area contributed by atoms with Gasteiger partial charge in [0, 0.05) is 35.3 Å². The van der Waals surface area contributed by atoms with E-state index in [0.29, 0.717) is 28.9 Å². The van der Waals surface area contributed by atoms with E-state index < -0.39 is 6.09 Å². The molecule has 0 saturated heterocycles. The maximum Gasteiger partial charge on any atom is 0.412 e. The summed E-state index contributed by atoms with van der Waals surface area (Å²) >= 11 is 0. The number of nitrogens with zero attached hydrogens (tertiary/aromatic N) is 3. The molecule has 1 aliphatic heterocycles. The first-order valence-electron chi connectivity index (χ1n) is 11.4. The number of anilines is 1. The number of fused-ring (bicyclic) bond motifs is 1. The SMILES string of the molecule is CCN(C(=O)O)c1ccc2c(n1)C(=N)N(CC(=O)c1cc(C(C)(C)C)c(O)c(C(C)(C)C)c1)C2. The minimum atomic E-state index is -1.11. The van der Waals surface area contributed by atoms with Gasteiger partial charge in [-0.1, -0.05) is 47.6 Å². The Labute approximate surface area is 200 Å². The molecule has 2 aromatic rings. The molecule has 1 aliphatic rings. The molecule has 2 heterocycles. The van der Waals surface area contributed by atoms with Crippen molar-refractivity contribution in [3.63, 3.8) is 0 Å². The lowest BCUT2D eigenvalue weighted by atomic mass is 9.78. The highest BCUT2D eigenvalue weighted by molar-refractivity contribution is 6.05. The zero-order valence-electron chi connectivity index (χ0n) is 21.0. The van der Waals surface area contributed by atoms with Crippen molar-refractivity contribution >= 4 is 23.5 Å². The van der Waals surface area contributed by atoms with Crippen LogP contribution in [-0.2, 0) is 17.4 Å². The molecular formula is C26H34N4O4. The first-order valence-corrected chi connectivity index (χ1v) is 11.4. The predicted octanol–water partition coefficient (Wildman–Crippen LogP) is 4.91. The monoisotopic (exact) mass is 466 g/mol. The number of hydrogen-bond donors (Lipinski definition) is 3. The summed E-state index contributed by atoms with van der Waals surface area (Å²) in [7, 11) is 0. The molecule has 1 aromatic heterocycles. The highest BCUT2D eigenvalue weighted by Gasteiger charge is 2.31. The highest BCUT2D eigenvalue weighted by Crippen LogP contribution is 2.40. The summed E-state index contributed by atoms with van der Waals surface area (Å²) in [6.07, 6.45) is -1.11. The molecule has 0 radical (unpaired) electrons. The summed E-state index contributed by atoms with van der Waals surface area (Å²) in [6, 6.07) is 6.89. The number of nitrogens with one attached hydrogen (secondary N) is 1. The lowest BCUT2D eigenvalue weighted by molar-refractivity contribution is 0.0962. The minimum Gasteiger partial charge on any atom is -0.507 e. The normalized spacial score (nSPS) is 13.7. The average molecular weight is 467 g/mol. The van der Waals surface area contributed by atoms with Crippen molar-refractivity contribution < 1.29 is 19.8 Å². The van der Waals surface area contributed by atoms with E-state index in [0.717, 1.165) is 10.5 Å². The molecule has 3 N–H and O–H groups in total. The van der Waals surface area contributed by atoms with Gasteiger partial charge in [0.05, 0.1) is 6.54 Å². The Morgan fingerprint density at radius 2 is 1.65 bits per heavy atom. The topological polar surface area (TPSA) is 118 Å². The Morgan fingerprint density at radius 3 is 2.12 bits per heavy atom. The molecule has 0 spiro atoms. The smallest absolute Gasteiger partial charge is 0.412 e. The van der Waals surface area contributed by atoms with Gasteiger partial charge >= 0.3 is 6.09 Å². The molecule has 0 bridgehead atoms. The third kappa shape index (κ3) is 4.76. The van der Waals surface area contributed by atoms with Crippen LogP contribution in [0.5, 0.6) is 5.75 Å². The van der Waals surface area contributed by atoms with Gasteiger partial charge in [-0.15, -0.1) is 0 Å². The number of carboxylic acid groups (broad SMARTS) is 1. The van der Waals surface area contributed by atoms with E-state index in [1.165, 1.54) is 0 Å². The van der Waals surface area contributed by atoms with E-state index in [9.17, 15) is 19.8 Å². The number of rotatable bonds is 5. The van der Waals surface area contributed by atoms with Gasteiger partial charge in [0.25, 0.3) is 0 Å². The number of phenolic OH excluding ortho intramolecular Hbond substituents is 1. The average Bonchev–Trinajstić information content (AvgIpc) is 3.01. The van der Waals surface area contributed by atoms with E-state index in [1.54, 1.807) is 36.1 Å². The fourth-order valence-corrected chi connectivity index (χ4v) is 4.13. The van der Waals surface area contributed by atoms with Crippen molar-refractivity contribution in [2.24, 2.45) is 0 Å². The molecule has 1 aromatic carbocycles. The van der Waals surface area contributed by atoms with Crippen LogP contribution >= 0.6 is 0 Å². The molecule has 3 rings (SSSR count). The van der Waals surface area contributed by atoms with E-state index >= 15 is 0 Å².